The van der Waals surface area contributed by atoms with Gasteiger partial charge in [0.15, 0.2) is 5.84 Å². The van der Waals surface area contributed by atoms with Gasteiger partial charge >= 0.3 is 0 Å². The van der Waals surface area contributed by atoms with Crippen LogP contribution >= 0.6 is 0 Å². The molecule has 1 unspecified atom stereocenters. The summed E-state index contributed by atoms with van der Waals surface area (Å²) in [6.45, 7) is 2.73. The fourth-order valence-electron chi connectivity index (χ4n) is 1.34. The summed E-state index contributed by atoms with van der Waals surface area (Å²) in [6, 6.07) is 9.49. The highest BCUT2D eigenvalue weighted by molar-refractivity contribution is 5.84. The molecule has 0 aliphatic carbocycles. The molecule has 0 saturated heterocycles. The molecule has 0 spiro atoms. The Kier molecular flexibility index (Phi) is 5.88. The van der Waals surface area contributed by atoms with Crippen molar-refractivity contribution in [3.63, 3.8) is 0 Å². The van der Waals surface area contributed by atoms with Gasteiger partial charge in [-0.1, -0.05) is 30.3 Å². The second-order valence-electron chi connectivity index (χ2n) is 3.45. The lowest BCUT2D eigenvalue weighted by Crippen LogP contribution is -2.32. The number of rotatable bonds is 7. The molecular weight excluding hydrogens is 220 g/mol. The van der Waals surface area contributed by atoms with Crippen LogP contribution in [0.25, 0.3) is 0 Å². The van der Waals surface area contributed by atoms with Gasteiger partial charge in [-0.15, -0.1) is 0 Å². The van der Waals surface area contributed by atoms with Crippen LogP contribution in [-0.4, -0.2) is 30.4 Å². The fourth-order valence-corrected chi connectivity index (χ4v) is 1.34. The van der Waals surface area contributed by atoms with E-state index in [1.807, 2.05) is 37.3 Å². The van der Waals surface area contributed by atoms with Crippen LogP contribution in [-0.2, 0) is 4.74 Å². The van der Waals surface area contributed by atoms with Gasteiger partial charge in [-0.2, -0.15) is 0 Å². The van der Waals surface area contributed by atoms with Gasteiger partial charge in [0.1, 0.15) is 18.5 Å². The molecule has 1 rings (SSSR count). The van der Waals surface area contributed by atoms with E-state index in [1.165, 1.54) is 0 Å². The Morgan fingerprint density at radius 2 is 2.06 bits per heavy atom. The first-order valence-corrected chi connectivity index (χ1v) is 5.54. The van der Waals surface area contributed by atoms with Crippen molar-refractivity contribution in [1.29, 1.82) is 0 Å². The van der Waals surface area contributed by atoms with Crippen molar-refractivity contribution < 1.29 is 14.7 Å². The first-order valence-electron chi connectivity index (χ1n) is 5.54. The van der Waals surface area contributed by atoms with Gasteiger partial charge in [-0.3, -0.25) is 0 Å². The van der Waals surface area contributed by atoms with Crippen molar-refractivity contribution in [2.75, 3.05) is 13.2 Å². The van der Waals surface area contributed by atoms with Gasteiger partial charge in [0.2, 0.25) is 0 Å². The highest BCUT2D eigenvalue weighted by Crippen LogP contribution is 2.08. The maximum absolute atomic E-state index is 8.52. The van der Waals surface area contributed by atoms with Crippen LogP contribution < -0.4 is 10.5 Å². The molecule has 0 aromatic heterocycles. The van der Waals surface area contributed by atoms with E-state index in [0.29, 0.717) is 19.6 Å². The SMILES string of the molecule is CCC(OCCOc1ccccc1)C(N)=NO. The third-order valence-corrected chi connectivity index (χ3v) is 2.23. The van der Waals surface area contributed by atoms with Crippen LogP contribution in [0.2, 0.25) is 0 Å². The standard InChI is InChI=1S/C12H18N2O3/c1-2-11(12(13)14-15)17-9-8-16-10-6-4-3-5-7-10/h3-7,11,15H,2,8-9H2,1H3,(H2,13,14). The molecule has 0 amide bonds. The monoisotopic (exact) mass is 238 g/mol. The Bertz CT molecular complexity index is 341. The molecule has 17 heavy (non-hydrogen) atoms. The molecular formula is C12H18N2O3. The zero-order valence-corrected chi connectivity index (χ0v) is 9.87. The van der Waals surface area contributed by atoms with E-state index < -0.39 is 0 Å². The normalized spacial score (nSPS) is 13.4. The van der Waals surface area contributed by atoms with Crippen molar-refractivity contribution in [1.82, 2.24) is 0 Å². The number of benzene rings is 1. The van der Waals surface area contributed by atoms with Crippen molar-refractivity contribution in [2.24, 2.45) is 10.9 Å². The molecule has 0 bridgehead atoms. The molecule has 1 atom stereocenters. The molecule has 5 nitrogen and oxygen atoms in total. The summed E-state index contributed by atoms with van der Waals surface area (Å²) in [4.78, 5) is 0. The van der Waals surface area contributed by atoms with Gasteiger partial charge in [-0.25, -0.2) is 0 Å². The highest BCUT2D eigenvalue weighted by Gasteiger charge is 2.11. The number of ether oxygens (including phenoxy) is 2. The Hall–Kier alpha value is -1.75. The van der Waals surface area contributed by atoms with E-state index in [1.54, 1.807) is 0 Å². The van der Waals surface area contributed by atoms with Crippen molar-refractivity contribution >= 4 is 5.84 Å². The minimum atomic E-state index is -0.362. The number of nitrogens with two attached hydrogens (primary N) is 1. The van der Waals surface area contributed by atoms with E-state index in [9.17, 15) is 0 Å². The zero-order valence-electron chi connectivity index (χ0n) is 9.87. The van der Waals surface area contributed by atoms with Gasteiger partial charge in [0.25, 0.3) is 0 Å². The smallest absolute Gasteiger partial charge is 0.168 e. The molecule has 0 radical (unpaired) electrons. The lowest BCUT2D eigenvalue weighted by molar-refractivity contribution is 0.0665. The minimum absolute atomic E-state index is 0.0900. The summed E-state index contributed by atoms with van der Waals surface area (Å²) in [5.74, 6) is 0.889. The molecule has 0 saturated carbocycles. The summed E-state index contributed by atoms with van der Waals surface area (Å²) >= 11 is 0. The maximum atomic E-state index is 8.52. The zero-order chi connectivity index (χ0) is 12.5. The summed E-state index contributed by atoms with van der Waals surface area (Å²) in [6.07, 6.45) is 0.292. The van der Waals surface area contributed by atoms with Gasteiger partial charge in [0.05, 0.1) is 6.61 Å². The van der Waals surface area contributed by atoms with E-state index in [2.05, 4.69) is 5.16 Å². The van der Waals surface area contributed by atoms with Crippen LogP contribution in [0, 0.1) is 0 Å². The predicted molar refractivity (Wildman–Crippen MR) is 65.4 cm³/mol. The number of hydrogen-bond donors (Lipinski definition) is 2. The fraction of sp³-hybridized carbons (Fsp3) is 0.417. The quantitative estimate of drug-likeness (QED) is 0.249. The molecule has 1 aromatic rings. The number of para-hydroxylation sites is 1. The van der Waals surface area contributed by atoms with Crippen LogP contribution in [0.4, 0.5) is 0 Å². The molecule has 3 N–H and O–H groups in total. The van der Waals surface area contributed by atoms with Gasteiger partial charge in [-0.05, 0) is 18.6 Å². The summed E-state index contributed by atoms with van der Waals surface area (Å²) < 4.78 is 10.9. The Morgan fingerprint density at radius 1 is 1.35 bits per heavy atom. The van der Waals surface area contributed by atoms with E-state index in [4.69, 9.17) is 20.4 Å². The first-order chi connectivity index (χ1) is 8.27. The Labute approximate surface area is 101 Å². The van der Waals surface area contributed by atoms with E-state index >= 15 is 0 Å². The Morgan fingerprint density at radius 3 is 2.65 bits per heavy atom. The summed E-state index contributed by atoms with van der Waals surface area (Å²) in [5.41, 5.74) is 5.46. The first kappa shape index (κ1) is 13.3. The molecule has 0 aliphatic heterocycles. The predicted octanol–water partition coefficient (Wildman–Crippen LogP) is 1.61. The highest BCUT2D eigenvalue weighted by atomic mass is 16.5. The van der Waals surface area contributed by atoms with Gasteiger partial charge < -0.3 is 20.4 Å². The molecule has 0 heterocycles. The molecule has 94 valence electrons. The molecule has 5 heteroatoms. The summed E-state index contributed by atoms with van der Waals surface area (Å²) in [7, 11) is 0. The molecule has 0 fully saturated rings. The molecule has 1 aromatic carbocycles. The topological polar surface area (TPSA) is 77.1 Å². The lowest BCUT2D eigenvalue weighted by Gasteiger charge is -2.14. The van der Waals surface area contributed by atoms with E-state index in [0.717, 1.165) is 5.75 Å². The van der Waals surface area contributed by atoms with Crippen LogP contribution in [0.3, 0.4) is 0 Å². The van der Waals surface area contributed by atoms with Crippen molar-refractivity contribution in [2.45, 2.75) is 19.4 Å². The molecule has 0 aliphatic rings. The number of nitrogens with zero attached hydrogens (tertiary/aromatic N) is 1. The number of amidine groups is 1. The van der Waals surface area contributed by atoms with Crippen LogP contribution in [0.1, 0.15) is 13.3 Å². The average molecular weight is 238 g/mol. The number of oxime groups is 1. The number of hydrogen-bond acceptors (Lipinski definition) is 4. The second-order valence-corrected chi connectivity index (χ2v) is 3.45. The van der Waals surface area contributed by atoms with Crippen molar-refractivity contribution in [3.8, 4) is 5.75 Å². The second kappa shape index (κ2) is 7.51. The van der Waals surface area contributed by atoms with E-state index in [-0.39, 0.29) is 11.9 Å². The van der Waals surface area contributed by atoms with Gasteiger partial charge in [0, 0.05) is 0 Å². The minimum Gasteiger partial charge on any atom is -0.491 e. The van der Waals surface area contributed by atoms with Crippen LogP contribution in [0.5, 0.6) is 5.75 Å². The largest absolute Gasteiger partial charge is 0.491 e. The third-order valence-electron chi connectivity index (χ3n) is 2.23. The van der Waals surface area contributed by atoms with Crippen LogP contribution in [0.15, 0.2) is 35.5 Å². The maximum Gasteiger partial charge on any atom is 0.168 e. The Balaban J connectivity index is 2.24. The van der Waals surface area contributed by atoms with Crippen molar-refractivity contribution in [3.05, 3.63) is 30.3 Å². The third kappa shape index (κ3) is 4.74. The lowest BCUT2D eigenvalue weighted by atomic mass is 10.2. The summed E-state index contributed by atoms with van der Waals surface area (Å²) in [5, 5.41) is 11.4. The average Bonchev–Trinajstić information content (AvgIpc) is 2.39.